The normalized spacial score (nSPS) is 11.8. The molecule has 0 saturated carbocycles. The zero-order chi connectivity index (χ0) is 20.8. The number of ether oxygens (including phenoxy) is 3. The van der Waals surface area contributed by atoms with Crippen LogP contribution in [0.5, 0.6) is 11.5 Å². The van der Waals surface area contributed by atoms with Gasteiger partial charge in [0.05, 0.1) is 37.5 Å². The SMILES string of the molecule is CCOCCn1c(=NC(=O)Cc2ccc(OC)cc2OC)sc2cccc(F)c21. The van der Waals surface area contributed by atoms with E-state index in [0.29, 0.717) is 47.1 Å². The lowest BCUT2D eigenvalue weighted by atomic mass is 10.1. The number of amides is 1. The summed E-state index contributed by atoms with van der Waals surface area (Å²) in [6.45, 7) is 3.28. The largest absolute Gasteiger partial charge is 0.497 e. The van der Waals surface area contributed by atoms with Crippen LogP contribution in [0.4, 0.5) is 4.39 Å². The predicted molar refractivity (Wildman–Crippen MR) is 110 cm³/mol. The van der Waals surface area contributed by atoms with Gasteiger partial charge in [0.1, 0.15) is 17.3 Å². The zero-order valence-corrected chi connectivity index (χ0v) is 17.4. The topological polar surface area (TPSA) is 62.1 Å². The van der Waals surface area contributed by atoms with E-state index in [2.05, 4.69) is 4.99 Å². The second-order valence-electron chi connectivity index (χ2n) is 6.18. The Hall–Kier alpha value is -2.71. The highest BCUT2D eigenvalue weighted by atomic mass is 32.1. The standard InChI is InChI=1S/C21H23FN2O4S/c1-4-28-11-10-24-20-16(22)6-5-7-18(20)29-21(24)23-19(25)12-14-8-9-15(26-2)13-17(14)27-3/h5-9,13H,4,10-12H2,1-3H3. The fourth-order valence-electron chi connectivity index (χ4n) is 2.99. The number of para-hydroxylation sites is 1. The van der Waals surface area contributed by atoms with Gasteiger partial charge in [-0.1, -0.05) is 23.5 Å². The quantitative estimate of drug-likeness (QED) is 0.525. The number of halogens is 1. The maximum atomic E-state index is 14.4. The first-order chi connectivity index (χ1) is 14.1. The summed E-state index contributed by atoms with van der Waals surface area (Å²) in [7, 11) is 3.10. The molecule has 0 bridgehead atoms. The number of nitrogens with zero attached hydrogens (tertiary/aromatic N) is 2. The van der Waals surface area contributed by atoms with Crippen molar-refractivity contribution in [3.8, 4) is 11.5 Å². The van der Waals surface area contributed by atoms with Crippen LogP contribution in [-0.4, -0.2) is 37.9 Å². The lowest BCUT2D eigenvalue weighted by molar-refractivity contribution is -0.117. The molecule has 1 aromatic heterocycles. The second kappa shape index (κ2) is 9.67. The van der Waals surface area contributed by atoms with Crippen molar-refractivity contribution in [3.63, 3.8) is 0 Å². The molecule has 2 aromatic carbocycles. The van der Waals surface area contributed by atoms with Crippen LogP contribution in [0.2, 0.25) is 0 Å². The first-order valence-corrected chi connectivity index (χ1v) is 10.0. The minimum Gasteiger partial charge on any atom is -0.497 e. The maximum Gasteiger partial charge on any atom is 0.252 e. The highest BCUT2D eigenvalue weighted by molar-refractivity contribution is 7.16. The monoisotopic (exact) mass is 418 g/mol. The Morgan fingerprint density at radius 2 is 2.03 bits per heavy atom. The molecule has 0 aliphatic carbocycles. The lowest BCUT2D eigenvalue weighted by Gasteiger charge is -2.09. The van der Waals surface area contributed by atoms with Crippen LogP contribution in [0.1, 0.15) is 12.5 Å². The van der Waals surface area contributed by atoms with E-state index in [9.17, 15) is 9.18 Å². The molecule has 0 aliphatic rings. The molecule has 0 atom stereocenters. The van der Waals surface area contributed by atoms with Crippen LogP contribution in [-0.2, 0) is 22.5 Å². The molecule has 0 fully saturated rings. The molecular weight excluding hydrogens is 395 g/mol. The van der Waals surface area contributed by atoms with Crippen molar-refractivity contribution in [1.82, 2.24) is 4.57 Å². The number of fused-ring (bicyclic) bond motifs is 1. The number of methoxy groups -OCH3 is 2. The number of aromatic nitrogens is 1. The third kappa shape index (κ3) is 4.83. The van der Waals surface area contributed by atoms with E-state index in [1.54, 1.807) is 35.9 Å². The molecule has 29 heavy (non-hydrogen) atoms. The number of benzene rings is 2. The molecule has 0 radical (unpaired) electrons. The van der Waals surface area contributed by atoms with Gasteiger partial charge in [0.25, 0.3) is 5.91 Å². The Bertz CT molecular complexity index is 1070. The molecule has 0 N–H and O–H groups in total. The van der Waals surface area contributed by atoms with Crippen LogP contribution in [0.15, 0.2) is 41.4 Å². The molecule has 1 amide bonds. The molecule has 1 heterocycles. The van der Waals surface area contributed by atoms with E-state index in [1.165, 1.54) is 24.5 Å². The minimum absolute atomic E-state index is 0.0648. The van der Waals surface area contributed by atoms with Crippen molar-refractivity contribution < 1.29 is 23.4 Å². The van der Waals surface area contributed by atoms with Crippen molar-refractivity contribution in [2.75, 3.05) is 27.4 Å². The van der Waals surface area contributed by atoms with Crippen molar-refractivity contribution in [3.05, 3.63) is 52.6 Å². The summed E-state index contributed by atoms with van der Waals surface area (Å²) in [5.74, 6) is 0.509. The first kappa shape index (κ1) is 21.0. The Kier molecular flexibility index (Phi) is 7.00. The van der Waals surface area contributed by atoms with Gasteiger partial charge in [-0.15, -0.1) is 0 Å². The van der Waals surface area contributed by atoms with E-state index in [1.807, 2.05) is 13.0 Å². The number of thiazole rings is 1. The summed E-state index contributed by atoms with van der Waals surface area (Å²) in [6.07, 6.45) is 0.0648. The maximum absolute atomic E-state index is 14.4. The third-order valence-corrected chi connectivity index (χ3v) is 5.42. The second-order valence-corrected chi connectivity index (χ2v) is 7.19. The third-order valence-electron chi connectivity index (χ3n) is 4.37. The van der Waals surface area contributed by atoms with Crippen molar-refractivity contribution >= 4 is 27.5 Å². The summed E-state index contributed by atoms with van der Waals surface area (Å²) >= 11 is 1.28. The summed E-state index contributed by atoms with van der Waals surface area (Å²) in [6, 6.07) is 10.1. The van der Waals surface area contributed by atoms with Crippen LogP contribution in [0, 0.1) is 5.82 Å². The average Bonchev–Trinajstić information content (AvgIpc) is 3.06. The summed E-state index contributed by atoms with van der Waals surface area (Å²) in [4.78, 5) is 17.4. The number of carbonyl (C=O) groups is 1. The number of carbonyl (C=O) groups excluding carboxylic acids is 1. The van der Waals surface area contributed by atoms with Gasteiger partial charge in [-0.2, -0.15) is 4.99 Å². The Balaban J connectivity index is 1.96. The fourth-order valence-corrected chi connectivity index (χ4v) is 4.07. The van der Waals surface area contributed by atoms with Crippen molar-refractivity contribution in [1.29, 1.82) is 0 Å². The van der Waals surface area contributed by atoms with Gasteiger partial charge in [0.15, 0.2) is 4.80 Å². The average molecular weight is 418 g/mol. The fraction of sp³-hybridized carbons (Fsp3) is 0.333. The molecule has 0 unspecified atom stereocenters. The molecule has 8 heteroatoms. The zero-order valence-electron chi connectivity index (χ0n) is 16.6. The van der Waals surface area contributed by atoms with Gasteiger partial charge < -0.3 is 18.8 Å². The molecule has 0 saturated heterocycles. The van der Waals surface area contributed by atoms with E-state index < -0.39 is 0 Å². The molecule has 6 nitrogen and oxygen atoms in total. The van der Waals surface area contributed by atoms with Crippen molar-refractivity contribution in [2.45, 2.75) is 19.9 Å². The van der Waals surface area contributed by atoms with Crippen LogP contribution < -0.4 is 14.3 Å². The smallest absolute Gasteiger partial charge is 0.252 e. The van der Waals surface area contributed by atoms with Gasteiger partial charge in [0, 0.05) is 24.8 Å². The molecule has 154 valence electrons. The van der Waals surface area contributed by atoms with Crippen LogP contribution in [0.25, 0.3) is 10.2 Å². The minimum atomic E-state index is -0.346. The molecule has 3 rings (SSSR count). The predicted octanol–water partition coefficient (Wildman–Crippen LogP) is 3.57. The van der Waals surface area contributed by atoms with E-state index in [0.717, 1.165) is 4.70 Å². The highest BCUT2D eigenvalue weighted by Crippen LogP contribution is 2.25. The Morgan fingerprint density at radius 1 is 1.21 bits per heavy atom. The van der Waals surface area contributed by atoms with E-state index in [-0.39, 0.29) is 18.1 Å². The Labute approximate surface area is 172 Å². The van der Waals surface area contributed by atoms with Crippen molar-refractivity contribution in [2.24, 2.45) is 4.99 Å². The molecule has 0 aliphatic heterocycles. The summed E-state index contributed by atoms with van der Waals surface area (Å²) < 4.78 is 32.8. The van der Waals surface area contributed by atoms with Crippen LogP contribution >= 0.6 is 11.3 Å². The van der Waals surface area contributed by atoms with Crippen LogP contribution in [0.3, 0.4) is 0 Å². The summed E-state index contributed by atoms with van der Waals surface area (Å²) in [5, 5.41) is 0. The molecule has 0 spiro atoms. The molecule has 3 aromatic rings. The number of hydrogen-bond acceptors (Lipinski definition) is 5. The molecular formula is C21H23FN2O4S. The number of hydrogen-bond donors (Lipinski definition) is 0. The van der Waals surface area contributed by atoms with E-state index >= 15 is 0 Å². The van der Waals surface area contributed by atoms with Gasteiger partial charge in [-0.05, 0) is 25.1 Å². The first-order valence-electron chi connectivity index (χ1n) is 9.21. The van der Waals surface area contributed by atoms with Gasteiger partial charge in [0.2, 0.25) is 0 Å². The van der Waals surface area contributed by atoms with Gasteiger partial charge in [-0.3, -0.25) is 4.79 Å². The lowest BCUT2D eigenvalue weighted by Crippen LogP contribution is -2.20. The highest BCUT2D eigenvalue weighted by Gasteiger charge is 2.13. The van der Waals surface area contributed by atoms with Gasteiger partial charge in [-0.25, -0.2) is 4.39 Å². The number of rotatable bonds is 8. The Morgan fingerprint density at radius 3 is 2.76 bits per heavy atom. The van der Waals surface area contributed by atoms with Gasteiger partial charge >= 0.3 is 0 Å². The van der Waals surface area contributed by atoms with E-state index in [4.69, 9.17) is 14.2 Å². The summed E-state index contributed by atoms with van der Waals surface area (Å²) in [5.41, 5.74) is 1.14.